The maximum absolute atomic E-state index is 12.2. The van der Waals surface area contributed by atoms with Crippen LogP contribution >= 0.6 is 0 Å². The van der Waals surface area contributed by atoms with Gasteiger partial charge < -0.3 is 23.7 Å². The summed E-state index contributed by atoms with van der Waals surface area (Å²) in [5.41, 5.74) is 0. The lowest BCUT2D eigenvalue weighted by Gasteiger charge is -2.37. The van der Waals surface area contributed by atoms with E-state index in [9.17, 15) is 14.4 Å². The van der Waals surface area contributed by atoms with Crippen molar-refractivity contribution in [1.82, 2.24) is 5.32 Å². The van der Waals surface area contributed by atoms with E-state index in [0.717, 1.165) is 0 Å². The Morgan fingerprint density at radius 3 is 2.34 bits per heavy atom. The fourth-order valence-electron chi connectivity index (χ4n) is 3.21. The molecule has 0 saturated carbocycles. The number of methoxy groups -OCH3 is 2. The van der Waals surface area contributed by atoms with Crippen LogP contribution in [0.15, 0.2) is 11.8 Å². The Morgan fingerprint density at radius 1 is 1.17 bits per heavy atom. The van der Waals surface area contributed by atoms with Gasteiger partial charge in [-0.05, 0) is 24.8 Å². The van der Waals surface area contributed by atoms with Gasteiger partial charge in [-0.25, -0.2) is 4.79 Å². The SMILES string of the molecule is COC(=O)C1=CC(C)C(C)C(NC(C)OC)C(C(CCOC(C)=O)OC(C)=O)O1. The van der Waals surface area contributed by atoms with Crippen LogP contribution in [0, 0.1) is 11.8 Å². The minimum absolute atomic E-state index is 0.00783. The highest BCUT2D eigenvalue weighted by atomic mass is 16.6. The molecular formula is C20H33NO8. The first-order valence-corrected chi connectivity index (χ1v) is 9.66. The zero-order valence-electron chi connectivity index (χ0n) is 18.2. The van der Waals surface area contributed by atoms with E-state index in [2.05, 4.69) is 5.32 Å². The molecule has 0 saturated heterocycles. The number of rotatable bonds is 9. The molecule has 9 nitrogen and oxygen atoms in total. The van der Waals surface area contributed by atoms with Gasteiger partial charge >= 0.3 is 17.9 Å². The Morgan fingerprint density at radius 2 is 1.83 bits per heavy atom. The van der Waals surface area contributed by atoms with Crippen LogP contribution < -0.4 is 5.32 Å². The summed E-state index contributed by atoms with van der Waals surface area (Å²) in [5.74, 6) is -1.55. The third kappa shape index (κ3) is 7.66. The first-order chi connectivity index (χ1) is 13.6. The molecule has 0 bridgehead atoms. The van der Waals surface area contributed by atoms with E-state index >= 15 is 0 Å². The van der Waals surface area contributed by atoms with E-state index in [1.54, 1.807) is 13.2 Å². The van der Waals surface area contributed by atoms with E-state index in [-0.39, 0.29) is 42.9 Å². The second-order valence-corrected chi connectivity index (χ2v) is 7.17. The van der Waals surface area contributed by atoms with Crippen molar-refractivity contribution in [3.63, 3.8) is 0 Å². The molecule has 29 heavy (non-hydrogen) atoms. The topological polar surface area (TPSA) is 109 Å². The van der Waals surface area contributed by atoms with Gasteiger partial charge in [0.15, 0.2) is 6.10 Å². The fourth-order valence-corrected chi connectivity index (χ4v) is 3.21. The summed E-state index contributed by atoms with van der Waals surface area (Å²) in [5, 5.41) is 3.34. The third-order valence-corrected chi connectivity index (χ3v) is 4.99. The summed E-state index contributed by atoms with van der Waals surface area (Å²) in [7, 11) is 2.84. The van der Waals surface area contributed by atoms with Gasteiger partial charge in [0, 0.05) is 27.4 Å². The van der Waals surface area contributed by atoms with Gasteiger partial charge in [0.05, 0.1) is 19.8 Å². The van der Waals surface area contributed by atoms with E-state index in [1.165, 1.54) is 21.0 Å². The Bertz CT molecular complexity index is 605. The molecule has 0 fully saturated rings. The lowest BCUT2D eigenvalue weighted by Crippen LogP contribution is -2.55. The highest BCUT2D eigenvalue weighted by Gasteiger charge is 2.42. The van der Waals surface area contributed by atoms with Crippen LogP contribution in [-0.4, -0.2) is 63.2 Å². The molecule has 0 aliphatic carbocycles. The highest BCUT2D eigenvalue weighted by Crippen LogP contribution is 2.31. The zero-order chi connectivity index (χ0) is 22.1. The van der Waals surface area contributed by atoms with Crippen molar-refractivity contribution in [3.05, 3.63) is 11.8 Å². The summed E-state index contributed by atoms with van der Waals surface area (Å²) in [6.07, 6.45) is 0.0943. The van der Waals surface area contributed by atoms with E-state index in [1.807, 2.05) is 20.8 Å². The molecule has 1 aliphatic heterocycles. The number of hydrogen-bond acceptors (Lipinski definition) is 9. The number of carbonyl (C=O) groups is 3. The van der Waals surface area contributed by atoms with Crippen LogP contribution in [0.3, 0.4) is 0 Å². The quantitative estimate of drug-likeness (QED) is 0.341. The minimum Gasteiger partial charge on any atom is -0.478 e. The summed E-state index contributed by atoms with van der Waals surface area (Å²) in [6.45, 7) is 8.45. The predicted molar refractivity (Wildman–Crippen MR) is 103 cm³/mol. The largest absolute Gasteiger partial charge is 0.478 e. The fraction of sp³-hybridized carbons (Fsp3) is 0.750. The lowest BCUT2D eigenvalue weighted by atomic mass is 9.84. The number of allylic oxidation sites excluding steroid dienone is 1. The van der Waals surface area contributed by atoms with Crippen LogP contribution in [0.4, 0.5) is 0 Å². The number of hydrogen-bond donors (Lipinski definition) is 1. The van der Waals surface area contributed by atoms with E-state index in [4.69, 9.17) is 23.7 Å². The molecular weight excluding hydrogens is 382 g/mol. The lowest BCUT2D eigenvalue weighted by molar-refractivity contribution is -0.160. The second-order valence-electron chi connectivity index (χ2n) is 7.17. The zero-order valence-corrected chi connectivity index (χ0v) is 18.2. The van der Waals surface area contributed by atoms with Crippen LogP contribution in [-0.2, 0) is 38.1 Å². The number of esters is 3. The van der Waals surface area contributed by atoms with Gasteiger partial charge in [0.25, 0.3) is 0 Å². The standard InChI is InChI=1S/C20H33NO8/c1-11-10-17(20(24)26-7)29-19(18(12(11)2)21-13(3)25-6)16(28-15(5)23)8-9-27-14(4)22/h10-13,16,18-19,21H,8-9H2,1-7H3. The molecule has 6 atom stereocenters. The Hall–Kier alpha value is -2.13. The highest BCUT2D eigenvalue weighted by molar-refractivity contribution is 5.86. The summed E-state index contributed by atoms with van der Waals surface area (Å²) < 4.78 is 26.7. The average molecular weight is 415 g/mol. The van der Waals surface area contributed by atoms with Gasteiger partial charge in [-0.2, -0.15) is 0 Å². The molecule has 0 aromatic rings. The number of ether oxygens (including phenoxy) is 5. The summed E-state index contributed by atoms with van der Waals surface area (Å²) >= 11 is 0. The summed E-state index contributed by atoms with van der Waals surface area (Å²) in [6, 6.07) is -0.333. The van der Waals surface area contributed by atoms with Gasteiger partial charge in [-0.15, -0.1) is 0 Å². The molecule has 1 aliphatic rings. The molecule has 1 rings (SSSR count). The van der Waals surface area contributed by atoms with Crippen LogP contribution in [0.5, 0.6) is 0 Å². The van der Waals surface area contributed by atoms with Crippen LogP contribution in [0.25, 0.3) is 0 Å². The molecule has 0 spiro atoms. The summed E-state index contributed by atoms with van der Waals surface area (Å²) in [4.78, 5) is 35.1. The van der Waals surface area contributed by atoms with Crippen molar-refractivity contribution in [1.29, 1.82) is 0 Å². The van der Waals surface area contributed by atoms with Crippen molar-refractivity contribution in [3.8, 4) is 0 Å². The maximum Gasteiger partial charge on any atom is 0.372 e. The van der Waals surface area contributed by atoms with Gasteiger partial charge in [0.2, 0.25) is 5.76 Å². The Balaban J connectivity index is 3.28. The second kappa shape index (κ2) is 11.8. The first kappa shape index (κ1) is 24.9. The molecule has 0 radical (unpaired) electrons. The third-order valence-electron chi connectivity index (χ3n) is 4.99. The van der Waals surface area contributed by atoms with Gasteiger partial charge in [-0.1, -0.05) is 13.8 Å². The molecule has 1 N–H and O–H groups in total. The monoisotopic (exact) mass is 415 g/mol. The number of carbonyl (C=O) groups excluding carboxylic acids is 3. The Labute approximate surface area is 172 Å². The van der Waals surface area contributed by atoms with E-state index in [0.29, 0.717) is 0 Å². The van der Waals surface area contributed by atoms with Crippen LogP contribution in [0.2, 0.25) is 0 Å². The predicted octanol–water partition coefficient (Wildman–Crippen LogP) is 1.55. The maximum atomic E-state index is 12.2. The molecule has 0 aromatic heterocycles. The van der Waals surface area contributed by atoms with Crippen LogP contribution in [0.1, 0.15) is 41.0 Å². The molecule has 1 heterocycles. The number of nitrogens with one attached hydrogen (secondary N) is 1. The molecule has 6 unspecified atom stereocenters. The minimum atomic E-state index is -0.769. The molecule has 166 valence electrons. The normalized spacial score (nSPS) is 26.2. The average Bonchev–Trinajstić information content (AvgIpc) is 2.77. The Kier molecular flexibility index (Phi) is 10.1. The van der Waals surface area contributed by atoms with E-state index < -0.39 is 30.1 Å². The smallest absolute Gasteiger partial charge is 0.372 e. The molecule has 0 aromatic carbocycles. The van der Waals surface area contributed by atoms with Crippen molar-refractivity contribution in [2.24, 2.45) is 11.8 Å². The first-order valence-electron chi connectivity index (χ1n) is 9.66. The van der Waals surface area contributed by atoms with Crippen molar-refractivity contribution < 1.29 is 38.1 Å². The molecule has 9 heteroatoms. The van der Waals surface area contributed by atoms with Crippen molar-refractivity contribution in [2.75, 3.05) is 20.8 Å². The van der Waals surface area contributed by atoms with Crippen molar-refractivity contribution in [2.45, 2.75) is 65.5 Å². The van der Waals surface area contributed by atoms with Gasteiger partial charge in [-0.3, -0.25) is 14.9 Å². The van der Waals surface area contributed by atoms with Gasteiger partial charge in [0.1, 0.15) is 12.3 Å². The molecule has 0 amide bonds. The van der Waals surface area contributed by atoms with Crippen molar-refractivity contribution >= 4 is 17.9 Å².